The minimum absolute atomic E-state index is 0.274. The Balaban J connectivity index is 2.02. The summed E-state index contributed by atoms with van der Waals surface area (Å²) >= 11 is 0. The van der Waals surface area contributed by atoms with Crippen molar-refractivity contribution in [2.24, 2.45) is 17.3 Å². The van der Waals surface area contributed by atoms with E-state index in [-0.39, 0.29) is 5.41 Å². The van der Waals surface area contributed by atoms with E-state index in [0.717, 1.165) is 38.3 Å². The van der Waals surface area contributed by atoms with Gasteiger partial charge in [0.05, 0.1) is 13.2 Å². The summed E-state index contributed by atoms with van der Waals surface area (Å²) in [5.74, 6) is 1.82. The van der Waals surface area contributed by atoms with Gasteiger partial charge in [0.25, 0.3) is 0 Å². The molecule has 0 heterocycles. The van der Waals surface area contributed by atoms with E-state index in [0.29, 0.717) is 0 Å². The van der Waals surface area contributed by atoms with Crippen LogP contribution in [0.25, 0.3) is 0 Å². The number of ether oxygens (including phenoxy) is 2. The van der Waals surface area contributed by atoms with Gasteiger partial charge in [0, 0.05) is 18.6 Å². The highest BCUT2D eigenvalue weighted by atomic mass is 16.5. The maximum atomic E-state index is 6.00. The third-order valence-corrected chi connectivity index (χ3v) is 6.12. The van der Waals surface area contributed by atoms with Gasteiger partial charge >= 0.3 is 0 Å². The van der Waals surface area contributed by atoms with Crippen molar-refractivity contribution in [2.45, 2.75) is 90.9 Å². The molecule has 0 bridgehead atoms. The first-order chi connectivity index (χ1) is 11.3. The molecule has 0 aromatic heterocycles. The van der Waals surface area contributed by atoms with Crippen LogP contribution in [0.5, 0.6) is 0 Å². The van der Waals surface area contributed by atoms with Gasteiger partial charge in [-0.3, -0.25) is 0 Å². The minimum Gasteiger partial charge on any atom is -0.381 e. The van der Waals surface area contributed by atoms with Crippen molar-refractivity contribution in [3.05, 3.63) is 0 Å². The molecule has 0 unspecified atom stereocenters. The molecule has 0 spiro atoms. The molecule has 0 aromatic rings. The van der Waals surface area contributed by atoms with Crippen LogP contribution in [0, 0.1) is 17.3 Å². The maximum absolute atomic E-state index is 6.00. The molecule has 2 fully saturated rings. The van der Waals surface area contributed by atoms with E-state index in [4.69, 9.17) is 9.47 Å². The Labute approximate surface area is 144 Å². The first kappa shape index (κ1) is 19.2. The summed E-state index contributed by atoms with van der Waals surface area (Å²) in [6.07, 6.45) is 17.1. The molecule has 2 saturated carbocycles. The lowest BCUT2D eigenvalue weighted by Gasteiger charge is -2.40. The number of rotatable bonds is 10. The van der Waals surface area contributed by atoms with Crippen LogP contribution in [0.15, 0.2) is 0 Å². The number of hydrogen-bond donors (Lipinski definition) is 0. The van der Waals surface area contributed by atoms with Crippen molar-refractivity contribution in [1.82, 2.24) is 0 Å². The summed E-state index contributed by atoms with van der Waals surface area (Å²) in [6.45, 7) is 7.76. The van der Waals surface area contributed by atoms with Crippen molar-refractivity contribution < 1.29 is 9.47 Å². The van der Waals surface area contributed by atoms with Gasteiger partial charge in [-0.25, -0.2) is 0 Å². The van der Waals surface area contributed by atoms with E-state index in [1.807, 2.05) is 0 Å². The maximum Gasteiger partial charge on any atom is 0.0544 e. The van der Waals surface area contributed by atoms with E-state index >= 15 is 0 Å². The molecule has 136 valence electrons. The molecule has 2 aliphatic rings. The Morgan fingerprint density at radius 3 is 1.39 bits per heavy atom. The standard InChI is InChI=1S/C21H40O2/c1-3-22-17-21(18-23-4-2,15-19-11-7-5-8-12-19)16-20-13-9-6-10-14-20/h19-20H,3-18H2,1-2H3. The zero-order chi connectivity index (χ0) is 16.4. The lowest BCUT2D eigenvalue weighted by atomic mass is 9.68. The molecular weight excluding hydrogens is 284 g/mol. The summed E-state index contributed by atoms with van der Waals surface area (Å²) in [7, 11) is 0. The quantitative estimate of drug-likeness (QED) is 0.491. The Morgan fingerprint density at radius 1 is 0.652 bits per heavy atom. The Bertz CT molecular complexity index is 260. The minimum atomic E-state index is 0.274. The molecule has 0 aromatic carbocycles. The van der Waals surface area contributed by atoms with Gasteiger partial charge in [-0.15, -0.1) is 0 Å². The first-order valence-corrected chi connectivity index (χ1v) is 10.4. The average Bonchev–Trinajstić information content (AvgIpc) is 2.60. The van der Waals surface area contributed by atoms with Crippen LogP contribution in [0.4, 0.5) is 0 Å². The molecule has 0 radical (unpaired) electrons. The summed E-state index contributed by atoms with van der Waals surface area (Å²) in [5, 5.41) is 0. The van der Waals surface area contributed by atoms with Gasteiger partial charge < -0.3 is 9.47 Å². The van der Waals surface area contributed by atoms with E-state index in [9.17, 15) is 0 Å². The van der Waals surface area contributed by atoms with Crippen molar-refractivity contribution in [1.29, 1.82) is 0 Å². The second-order valence-corrected chi connectivity index (χ2v) is 8.19. The van der Waals surface area contributed by atoms with Gasteiger partial charge in [-0.2, -0.15) is 0 Å². The van der Waals surface area contributed by atoms with Gasteiger partial charge in [0.2, 0.25) is 0 Å². The second-order valence-electron chi connectivity index (χ2n) is 8.19. The number of hydrogen-bond acceptors (Lipinski definition) is 2. The highest BCUT2D eigenvalue weighted by molar-refractivity contribution is 4.87. The van der Waals surface area contributed by atoms with E-state index in [2.05, 4.69) is 13.8 Å². The molecule has 0 amide bonds. The van der Waals surface area contributed by atoms with Gasteiger partial charge in [0.1, 0.15) is 0 Å². The summed E-state index contributed by atoms with van der Waals surface area (Å²) in [5.41, 5.74) is 0.274. The van der Waals surface area contributed by atoms with Crippen LogP contribution in [0.2, 0.25) is 0 Å². The molecular formula is C21H40O2. The summed E-state index contributed by atoms with van der Waals surface area (Å²) in [4.78, 5) is 0. The Kier molecular flexibility index (Phi) is 8.97. The van der Waals surface area contributed by atoms with Gasteiger partial charge in [-0.05, 0) is 38.5 Å². The van der Waals surface area contributed by atoms with Crippen molar-refractivity contribution in [3.8, 4) is 0 Å². The Hall–Kier alpha value is -0.0800. The van der Waals surface area contributed by atoms with Crippen LogP contribution >= 0.6 is 0 Å². The molecule has 0 atom stereocenters. The van der Waals surface area contributed by atoms with Crippen molar-refractivity contribution in [3.63, 3.8) is 0 Å². The molecule has 2 heteroatoms. The topological polar surface area (TPSA) is 18.5 Å². The van der Waals surface area contributed by atoms with Crippen LogP contribution in [-0.4, -0.2) is 26.4 Å². The molecule has 0 saturated heterocycles. The van der Waals surface area contributed by atoms with Crippen LogP contribution < -0.4 is 0 Å². The summed E-state index contributed by atoms with van der Waals surface area (Å²) in [6, 6.07) is 0. The lowest BCUT2D eigenvalue weighted by Crippen LogP contribution is -2.37. The van der Waals surface area contributed by atoms with Crippen molar-refractivity contribution in [2.75, 3.05) is 26.4 Å². The fourth-order valence-electron chi connectivity index (χ4n) is 5.01. The lowest BCUT2D eigenvalue weighted by molar-refractivity contribution is -0.0483. The molecule has 23 heavy (non-hydrogen) atoms. The normalized spacial score (nSPS) is 21.7. The zero-order valence-corrected chi connectivity index (χ0v) is 15.8. The molecule has 2 rings (SSSR count). The molecule has 0 aliphatic heterocycles. The zero-order valence-electron chi connectivity index (χ0n) is 15.8. The van der Waals surface area contributed by atoms with Crippen molar-refractivity contribution >= 4 is 0 Å². The predicted molar refractivity (Wildman–Crippen MR) is 97.8 cm³/mol. The van der Waals surface area contributed by atoms with E-state index in [1.165, 1.54) is 77.0 Å². The average molecular weight is 325 g/mol. The second kappa shape index (κ2) is 10.7. The third-order valence-electron chi connectivity index (χ3n) is 6.12. The SMILES string of the molecule is CCOCC(COCC)(CC1CCCCC1)CC1CCCCC1. The van der Waals surface area contributed by atoms with Gasteiger partial charge in [0.15, 0.2) is 0 Å². The molecule has 2 aliphatic carbocycles. The van der Waals surface area contributed by atoms with E-state index in [1.54, 1.807) is 0 Å². The van der Waals surface area contributed by atoms with Crippen LogP contribution in [-0.2, 0) is 9.47 Å². The highest BCUT2D eigenvalue weighted by Gasteiger charge is 2.36. The van der Waals surface area contributed by atoms with Gasteiger partial charge in [-0.1, -0.05) is 64.2 Å². The van der Waals surface area contributed by atoms with Crippen LogP contribution in [0.1, 0.15) is 90.9 Å². The Morgan fingerprint density at radius 2 is 1.04 bits per heavy atom. The fourth-order valence-corrected chi connectivity index (χ4v) is 5.01. The molecule has 2 nitrogen and oxygen atoms in total. The third kappa shape index (κ3) is 6.74. The first-order valence-electron chi connectivity index (χ1n) is 10.4. The highest BCUT2D eigenvalue weighted by Crippen LogP contribution is 2.42. The predicted octanol–water partition coefficient (Wildman–Crippen LogP) is 5.99. The smallest absolute Gasteiger partial charge is 0.0544 e. The van der Waals surface area contributed by atoms with Crippen LogP contribution in [0.3, 0.4) is 0 Å². The fraction of sp³-hybridized carbons (Fsp3) is 1.00. The van der Waals surface area contributed by atoms with E-state index < -0.39 is 0 Å². The molecule has 0 N–H and O–H groups in total. The largest absolute Gasteiger partial charge is 0.381 e. The summed E-state index contributed by atoms with van der Waals surface area (Å²) < 4.78 is 12.0. The monoisotopic (exact) mass is 324 g/mol.